The second-order valence-electron chi connectivity index (χ2n) is 4.93. The molecule has 0 spiro atoms. The van der Waals surface area contributed by atoms with Crippen LogP contribution >= 0.6 is 0 Å². The van der Waals surface area contributed by atoms with E-state index in [2.05, 4.69) is 4.99 Å². The molecule has 23 heavy (non-hydrogen) atoms. The topological polar surface area (TPSA) is 64.7 Å². The van der Waals surface area contributed by atoms with Gasteiger partial charge in [-0.1, -0.05) is 30.3 Å². The van der Waals surface area contributed by atoms with Gasteiger partial charge in [0.15, 0.2) is 0 Å². The summed E-state index contributed by atoms with van der Waals surface area (Å²) in [7, 11) is 1.62. The second-order valence-corrected chi connectivity index (χ2v) is 4.93. The third-order valence-electron chi connectivity index (χ3n) is 3.55. The zero-order valence-electron chi connectivity index (χ0n) is 12.5. The summed E-state index contributed by atoms with van der Waals surface area (Å²) >= 11 is 0. The van der Waals surface area contributed by atoms with Crippen molar-refractivity contribution in [1.82, 2.24) is 0 Å². The predicted octanol–water partition coefficient (Wildman–Crippen LogP) is 4.51. The molecule has 0 atom stereocenters. The molecule has 3 aromatic carbocycles. The Kier molecular flexibility index (Phi) is 4.01. The number of hydrogen-bond donors (Lipinski definition) is 0. The van der Waals surface area contributed by atoms with Crippen molar-refractivity contribution in [3.8, 4) is 5.75 Å². The van der Waals surface area contributed by atoms with Crippen molar-refractivity contribution in [2.45, 2.75) is 0 Å². The Morgan fingerprint density at radius 2 is 1.78 bits per heavy atom. The number of nitro groups is 1. The van der Waals surface area contributed by atoms with Crippen LogP contribution in [0.3, 0.4) is 0 Å². The molecular weight excluding hydrogens is 292 g/mol. The van der Waals surface area contributed by atoms with Gasteiger partial charge in [-0.25, -0.2) is 0 Å². The Morgan fingerprint density at radius 1 is 1.04 bits per heavy atom. The third kappa shape index (κ3) is 3.03. The van der Waals surface area contributed by atoms with Crippen molar-refractivity contribution in [3.05, 3.63) is 76.3 Å². The summed E-state index contributed by atoms with van der Waals surface area (Å²) in [6.45, 7) is 0. The fraction of sp³-hybridized carbons (Fsp3) is 0.0556. The highest BCUT2D eigenvalue weighted by molar-refractivity contribution is 6.03. The van der Waals surface area contributed by atoms with Crippen LogP contribution in [0.4, 0.5) is 11.4 Å². The maximum Gasteiger partial charge on any atom is 0.269 e. The van der Waals surface area contributed by atoms with Crippen LogP contribution in [0.2, 0.25) is 0 Å². The molecule has 0 fully saturated rings. The first-order valence-electron chi connectivity index (χ1n) is 7.03. The molecule has 5 nitrogen and oxygen atoms in total. The lowest BCUT2D eigenvalue weighted by atomic mass is 10.0. The van der Waals surface area contributed by atoms with Crippen LogP contribution in [-0.4, -0.2) is 18.2 Å². The highest BCUT2D eigenvalue weighted by atomic mass is 16.6. The van der Waals surface area contributed by atoms with Crippen LogP contribution in [-0.2, 0) is 0 Å². The van der Waals surface area contributed by atoms with Crippen molar-refractivity contribution < 1.29 is 9.66 Å². The Labute approximate surface area is 133 Å². The van der Waals surface area contributed by atoms with E-state index in [9.17, 15) is 10.1 Å². The van der Waals surface area contributed by atoms with Gasteiger partial charge >= 0.3 is 0 Å². The number of benzene rings is 3. The summed E-state index contributed by atoms with van der Waals surface area (Å²) < 4.78 is 5.41. The molecule has 3 rings (SSSR count). The summed E-state index contributed by atoms with van der Waals surface area (Å²) in [5.41, 5.74) is 1.57. The van der Waals surface area contributed by atoms with Crippen LogP contribution in [0.1, 0.15) is 5.56 Å². The predicted molar refractivity (Wildman–Crippen MR) is 90.9 cm³/mol. The molecule has 114 valence electrons. The number of non-ortho nitro benzene ring substituents is 1. The van der Waals surface area contributed by atoms with Gasteiger partial charge in [-0.05, 0) is 29.0 Å². The van der Waals surface area contributed by atoms with E-state index in [0.29, 0.717) is 5.69 Å². The van der Waals surface area contributed by atoms with Gasteiger partial charge in [-0.3, -0.25) is 15.1 Å². The van der Waals surface area contributed by atoms with E-state index in [1.54, 1.807) is 25.5 Å². The fourth-order valence-electron chi connectivity index (χ4n) is 2.39. The van der Waals surface area contributed by atoms with Gasteiger partial charge in [0.25, 0.3) is 5.69 Å². The third-order valence-corrected chi connectivity index (χ3v) is 3.55. The number of hydrogen-bond acceptors (Lipinski definition) is 4. The molecule has 0 unspecified atom stereocenters. The molecule has 5 heteroatoms. The van der Waals surface area contributed by atoms with E-state index < -0.39 is 4.92 Å². The Balaban J connectivity index is 2.01. The molecule has 0 aromatic heterocycles. The molecule has 0 bridgehead atoms. The summed E-state index contributed by atoms with van der Waals surface area (Å²) in [6, 6.07) is 18.0. The van der Waals surface area contributed by atoms with Crippen LogP contribution in [0.15, 0.2) is 65.7 Å². The smallest absolute Gasteiger partial charge is 0.269 e. The van der Waals surface area contributed by atoms with E-state index in [1.807, 2.05) is 36.4 Å². The van der Waals surface area contributed by atoms with Gasteiger partial charge < -0.3 is 4.74 Å². The number of fused-ring (bicyclic) bond motifs is 1. The van der Waals surface area contributed by atoms with Crippen LogP contribution in [0.5, 0.6) is 5.75 Å². The number of ether oxygens (including phenoxy) is 1. The number of nitro benzene ring substituents is 1. The van der Waals surface area contributed by atoms with Crippen molar-refractivity contribution in [1.29, 1.82) is 0 Å². The average molecular weight is 306 g/mol. The highest BCUT2D eigenvalue weighted by Crippen LogP contribution is 2.27. The molecule has 0 aliphatic rings. The zero-order chi connectivity index (χ0) is 16.2. The first-order valence-corrected chi connectivity index (χ1v) is 7.03. The van der Waals surface area contributed by atoms with Crippen LogP contribution in [0.25, 0.3) is 10.8 Å². The van der Waals surface area contributed by atoms with Gasteiger partial charge in [0, 0.05) is 23.9 Å². The molecule has 0 amide bonds. The molecule has 0 N–H and O–H groups in total. The lowest BCUT2D eigenvalue weighted by Gasteiger charge is -2.08. The number of methoxy groups -OCH3 is 1. The Morgan fingerprint density at radius 3 is 2.48 bits per heavy atom. The molecule has 0 saturated carbocycles. The maximum absolute atomic E-state index is 10.7. The minimum absolute atomic E-state index is 0.0479. The fourth-order valence-corrected chi connectivity index (χ4v) is 2.39. The molecule has 3 aromatic rings. The molecule has 0 saturated heterocycles. The minimum Gasteiger partial charge on any atom is -0.496 e. The normalized spacial score (nSPS) is 11.0. The van der Waals surface area contributed by atoms with Crippen molar-refractivity contribution >= 4 is 28.4 Å². The lowest BCUT2D eigenvalue weighted by molar-refractivity contribution is -0.384. The van der Waals surface area contributed by atoms with Gasteiger partial charge in [-0.2, -0.15) is 0 Å². The first-order chi connectivity index (χ1) is 11.2. The van der Waals surface area contributed by atoms with Gasteiger partial charge in [0.1, 0.15) is 5.75 Å². The first kappa shape index (κ1) is 14.7. The van der Waals surface area contributed by atoms with E-state index in [-0.39, 0.29) is 5.69 Å². The summed E-state index contributed by atoms with van der Waals surface area (Å²) in [6.07, 6.45) is 1.72. The molecular formula is C18H14N2O3. The summed E-state index contributed by atoms with van der Waals surface area (Å²) in [5, 5.41) is 12.8. The van der Waals surface area contributed by atoms with Crippen molar-refractivity contribution in [3.63, 3.8) is 0 Å². The maximum atomic E-state index is 10.7. The number of nitrogens with zero attached hydrogens (tertiary/aromatic N) is 2. The van der Waals surface area contributed by atoms with E-state index in [0.717, 1.165) is 22.1 Å². The largest absolute Gasteiger partial charge is 0.496 e. The van der Waals surface area contributed by atoms with E-state index >= 15 is 0 Å². The standard InChI is InChI=1S/C18H14N2O3/c1-23-18-11-6-13-4-2-3-5-16(13)17(18)12-19-14-7-9-15(10-8-14)20(21)22/h2-12H,1H3. The molecule has 0 radical (unpaired) electrons. The zero-order valence-corrected chi connectivity index (χ0v) is 12.5. The number of rotatable bonds is 4. The second kappa shape index (κ2) is 6.27. The van der Waals surface area contributed by atoms with Gasteiger partial charge in [0.05, 0.1) is 17.7 Å². The van der Waals surface area contributed by atoms with Crippen molar-refractivity contribution in [2.24, 2.45) is 4.99 Å². The van der Waals surface area contributed by atoms with Gasteiger partial charge in [0.2, 0.25) is 0 Å². The Bertz CT molecular complexity index is 886. The van der Waals surface area contributed by atoms with Crippen LogP contribution in [0, 0.1) is 10.1 Å². The van der Waals surface area contributed by atoms with Gasteiger partial charge in [-0.15, -0.1) is 0 Å². The quantitative estimate of drug-likeness (QED) is 0.405. The van der Waals surface area contributed by atoms with E-state index in [1.165, 1.54) is 12.1 Å². The Hall–Kier alpha value is -3.21. The highest BCUT2D eigenvalue weighted by Gasteiger charge is 2.06. The summed E-state index contributed by atoms with van der Waals surface area (Å²) in [4.78, 5) is 14.7. The summed E-state index contributed by atoms with van der Waals surface area (Å²) in [5.74, 6) is 0.731. The van der Waals surface area contributed by atoms with E-state index in [4.69, 9.17) is 4.74 Å². The van der Waals surface area contributed by atoms with Crippen molar-refractivity contribution in [2.75, 3.05) is 7.11 Å². The minimum atomic E-state index is -0.429. The van der Waals surface area contributed by atoms with Crippen LogP contribution < -0.4 is 4.74 Å². The SMILES string of the molecule is COc1ccc2ccccc2c1C=Nc1ccc([N+](=O)[O-])cc1. The molecule has 0 heterocycles. The lowest BCUT2D eigenvalue weighted by Crippen LogP contribution is -1.92. The monoisotopic (exact) mass is 306 g/mol. The average Bonchev–Trinajstić information content (AvgIpc) is 2.59. The molecule has 0 aliphatic heterocycles. The molecule has 0 aliphatic carbocycles. The number of aliphatic imine (C=N–C) groups is 1.